The van der Waals surface area contributed by atoms with Gasteiger partial charge in [-0.25, -0.2) is 4.79 Å². The van der Waals surface area contributed by atoms with Crippen molar-refractivity contribution in [2.75, 3.05) is 73.6 Å². The average Bonchev–Trinajstić information content (AvgIpc) is 3.76. The van der Waals surface area contributed by atoms with Gasteiger partial charge in [0.1, 0.15) is 37.9 Å². The SMILES string of the molecule is C=C1C[C@H]2C=Nc3cc(OCc4cc(COc5cc6c(cc5OC)C(=O)N5CC(=C)C[C@H]5C=N6)cc(OCCOCCOCCOCC(=O)OC)c4)c(C)cc3C(=O)N2C1. The standard InChI is InChI=1S/C45H50N4O11/c1-28-12-33-21-46-38-19-40(30(3)14-36(38)44(51)48(33)23-28)59-25-31-15-32(17-35(16-31)58-11-10-56-7-6-55-8-9-57-27-43(50)54-5)26-60-42-20-39-37(18-41(42)53-4)45(52)49-24-29(2)13-34(49)22-47-39/h14-22,33-34H,1-2,6-13,23-27H2,3-5H3/t33-,34-/m0/s1. The van der Waals surface area contributed by atoms with Crippen molar-refractivity contribution in [1.82, 2.24) is 9.80 Å². The first-order chi connectivity index (χ1) is 29.1. The Hall–Kier alpha value is -6.03. The van der Waals surface area contributed by atoms with Crippen LogP contribution in [0.1, 0.15) is 50.2 Å². The molecule has 2 fully saturated rings. The molecule has 3 aromatic rings. The average molecular weight is 823 g/mol. The molecule has 2 atom stereocenters. The van der Waals surface area contributed by atoms with E-state index < -0.39 is 5.97 Å². The lowest BCUT2D eigenvalue weighted by molar-refractivity contribution is -0.146. The zero-order valence-corrected chi connectivity index (χ0v) is 34.2. The Balaban J connectivity index is 1.02. The van der Waals surface area contributed by atoms with Crippen LogP contribution in [-0.2, 0) is 37.0 Å². The molecule has 0 unspecified atom stereocenters. The van der Waals surface area contributed by atoms with Gasteiger partial charge in [-0.2, -0.15) is 0 Å². The van der Waals surface area contributed by atoms with Crippen molar-refractivity contribution in [1.29, 1.82) is 0 Å². The van der Waals surface area contributed by atoms with E-state index in [1.165, 1.54) is 14.2 Å². The van der Waals surface area contributed by atoms with Crippen LogP contribution in [0.25, 0.3) is 0 Å². The fourth-order valence-corrected chi connectivity index (χ4v) is 7.39. The predicted molar refractivity (Wildman–Crippen MR) is 223 cm³/mol. The van der Waals surface area contributed by atoms with E-state index in [4.69, 9.17) is 33.2 Å². The van der Waals surface area contributed by atoms with Gasteiger partial charge in [0, 0.05) is 37.7 Å². The van der Waals surface area contributed by atoms with E-state index in [2.05, 4.69) is 27.9 Å². The molecular weight excluding hydrogens is 773 g/mol. The first-order valence-corrected chi connectivity index (χ1v) is 19.8. The lowest BCUT2D eigenvalue weighted by Crippen LogP contribution is -2.35. The van der Waals surface area contributed by atoms with Crippen molar-refractivity contribution < 1.29 is 52.3 Å². The quantitative estimate of drug-likeness (QED) is 0.0826. The highest BCUT2D eigenvalue weighted by molar-refractivity contribution is 6.04. The number of aryl methyl sites for hydroxylation is 1. The summed E-state index contributed by atoms with van der Waals surface area (Å²) in [6, 6.07) is 12.6. The van der Waals surface area contributed by atoms with Gasteiger partial charge in [-0.1, -0.05) is 24.3 Å². The molecule has 15 heteroatoms. The molecule has 3 aromatic carbocycles. The molecule has 60 heavy (non-hydrogen) atoms. The van der Waals surface area contributed by atoms with Gasteiger partial charge in [0.25, 0.3) is 11.8 Å². The number of aliphatic imine (C=N–C) groups is 2. The van der Waals surface area contributed by atoms with Crippen LogP contribution < -0.4 is 18.9 Å². The third-order valence-electron chi connectivity index (χ3n) is 10.4. The third kappa shape index (κ3) is 10.0. The number of esters is 1. The number of rotatable bonds is 19. The summed E-state index contributed by atoms with van der Waals surface area (Å²) in [5.41, 5.74) is 6.47. The fraction of sp³-hybridized carbons (Fsp3) is 0.400. The van der Waals surface area contributed by atoms with Gasteiger partial charge >= 0.3 is 5.97 Å². The number of nitrogens with zero attached hydrogens (tertiary/aromatic N) is 4. The number of hydrogen-bond acceptors (Lipinski definition) is 13. The van der Waals surface area contributed by atoms with Crippen LogP contribution >= 0.6 is 0 Å². The number of ether oxygens (including phenoxy) is 8. The van der Waals surface area contributed by atoms with Gasteiger partial charge in [-0.15, -0.1) is 0 Å². The number of amides is 2. The monoisotopic (exact) mass is 822 g/mol. The summed E-state index contributed by atoms with van der Waals surface area (Å²) in [5.74, 6) is 1.40. The molecule has 2 saturated heterocycles. The molecule has 4 aliphatic rings. The van der Waals surface area contributed by atoms with Crippen LogP contribution in [0.3, 0.4) is 0 Å². The summed E-state index contributed by atoms with van der Waals surface area (Å²) >= 11 is 0. The predicted octanol–water partition coefficient (Wildman–Crippen LogP) is 5.74. The van der Waals surface area contributed by atoms with Gasteiger partial charge in [0.2, 0.25) is 0 Å². The molecule has 0 N–H and O–H groups in total. The van der Waals surface area contributed by atoms with E-state index in [-0.39, 0.29) is 56.9 Å². The lowest BCUT2D eigenvalue weighted by atomic mass is 10.1. The van der Waals surface area contributed by atoms with Gasteiger partial charge < -0.3 is 47.7 Å². The summed E-state index contributed by atoms with van der Waals surface area (Å²) in [6.07, 6.45) is 5.00. The molecule has 316 valence electrons. The minimum Gasteiger partial charge on any atom is -0.493 e. The van der Waals surface area contributed by atoms with E-state index in [0.717, 1.165) is 27.8 Å². The van der Waals surface area contributed by atoms with Crippen LogP contribution in [0.5, 0.6) is 23.0 Å². The summed E-state index contributed by atoms with van der Waals surface area (Å²) in [6.45, 7) is 13.1. The second kappa shape index (κ2) is 19.4. The first kappa shape index (κ1) is 42.1. The maximum atomic E-state index is 13.5. The number of methoxy groups -OCH3 is 2. The molecule has 2 amide bonds. The van der Waals surface area contributed by atoms with Crippen molar-refractivity contribution in [3.63, 3.8) is 0 Å². The van der Waals surface area contributed by atoms with Crippen LogP contribution in [0.4, 0.5) is 11.4 Å². The number of carbonyl (C=O) groups is 3. The molecule has 0 aromatic heterocycles. The summed E-state index contributed by atoms with van der Waals surface area (Å²) in [4.78, 5) is 51.0. The Kier molecular flexibility index (Phi) is 13.6. The minimum absolute atomic E-state index is 0.0648. The van der Waals surface area contributed by atoms with E-state index in [1.807, 2.05) is 48.4 Å². The van der Waals surface area contributed by atoms with Crippen molar-refractivity contribution in [3.05, 3.63) is 94.6 Å². The molecule has 0 aliphatic carbocycles. The number of hydrogen-bond donors (Lipinski definition) is 0. The Labute approximate surface area is 349 Å². The van der Waals surface area contributed by atoms with Crippen molar-refractivity contribution >= 4 is 41.6 Å². The van der Waals surface area contributed by atoms with E-state index in [9.17, 15) is 14.4 Å². The molecule has 0 radical (unpaired) electrons. The summed E-state index contributed by atoms with van der Waals surface area (Å²) in [7, 11) is 2.84. The van der Waals surface area contributed by atoms with Gasteiger partial charge in [-0.05, 0) is 66.8 Å². The molecular formula is C45H50N4O11. The highest BCUT2D eigenvalue weighted by atomic mass is 16.6. The van der Waals surface area contributed by atoms with Gasteiger partial charge in [-0.3, -0.25) is 19.6 Å². The highest BCUT2D eigenvalue weighted by Crippen LogP contribution is 2.39. The zero-order chi connectivity index (χ0) is 42.2. The van der Waals surface area contributed by atoms with E-state index in [1.54, 1.807) is 23.2 Å². The van der Waals surface area contributed by atoms with Crippen LogP contribution in [0.15, 0.2) is 76.8 Å². The summed E-state index contributed by atoms with van der Waals surface area (Å²) < 4.78 is 45.4. The maximum Gasteiger partial charge on any atom is 0.331 e. The van der Waals surface area contributed by atoms with Crippen molar-refractivity contribution in [2.45, 2.75) is 45.1 Å². The second-order valence-electron chi connectivity index (χ2n) is 14.9. The highest BCUT2D eigenvalue weighted by Gasteiger charge is 2.35. The fourth-order valence-electron chi connectivity index (χ4n) is 7.39. The molecule has 15 nitrogen and oxygen atoms in total. The van der Waals surface area contributed by atoms with Crippen molar-refractivity contribution in [3.8, 4) is 23.0 Å². The van der Waals surface area contributed by atoms with Crippen molar-refractivity contribution in [2.24, 2.45) is 9.98 Å². The Morgan fingerprint density at radius 3 is 1.78 bits per heavy atom. The number of benzene rings is 3. The van der Waals surface area contributed by atoms with E-state index in [0.29, 0.717) is 97.9 Å². The molecule has 0 bridgehead atoms. The van der Waals surface area contributed by atoms with Crippen LogP contribution in [0, 0.1) is 6.92 Å². The third-order valence-corrected chi connectivity index (χ3v) is 10.4. The molecule has 7 rings (SSSR count). The first-order valence-electron chi connectivity index (χ1n) is 19.8. The van der Waals surface area contributed by atoms with Gasteiger partial charge in [0.05, 0.1) is 81.8 Å². The minimum atomic E-state index is -0.440. The second-order valence-corrected chi connectivity index (χ2v) is 14.9. The molecule has 0 saturated carbocycles. The van der Waals surface area contributed by atoms with Crippen LogP contribution in [0.2, 0.25) is 0 Å². The Morgan fingerprint density at radius 1 is 0.667 bits per heavy atom. The van der Waals surface area contributed by atoms with Crippen LogP contribution in [-0.4, -0.2) is 126 Å². The largest absolute Gasteiger partial charge is 0.493 e. The maximum absolute atomic E-state index is 13.5. The number of fused-ring (bicyclic) bond motifs is 4. The zero-order valence-electron chi connectivity index (χ0n) is 34.2. The normalized spacial score (nSPS) is 17.8. The smallest absolute Gasteiger partial charge is 0.331 e. The molecule has 0 spiro atoms. The summed E-state index contributed by atoms with van der Waals surface area (Å²) in [5, 5.41) is 0. The Morgan fingerprint density at radius 2 is 1.20 bits per heavy atom. The van der Waals surface area contributed by atoms with Gasteiger partial charge in [0.15, 0.2) is 11.5 Å². The topological polar surface area (TPSA) is 156 Å². The lowest BCUT2D eigenvalue weighted by Gasteiger charge is -2.20. The number of carbonyl (C=O) groups excluding carboxylic acids is 3. The molecule has 4 aliphatic heterocycles. The van der Waals surface area contributed by atoms with E-state index >= 15 is 0 Å². The Bertz CT molecular complexity index is 2200. The molecule has 4 heterocycles.